The summed E-state index contributed by atoms with van der Waals surface area (Å²) >= 11 is 0. The summed E-state index contributed by atoms with van der Waals surface area (Å²) in [5, 5.41) is 0. The molecule has 0 aromatic carbocycles. The first-order valence-electron chi connectivity index (χ1n) is 0. The van der Waals surface area contributed by atoms with Crippen molar-refractivity contribution in [2.45, 2.75) is 0 Å². The van der Waals surface area contributed by atoms with Crippen LogP contribution in [0.2, 0.25) is 0 Å². The van der Waals surface area contributed by atoms with Crippen LogP contribution in [0.5, 0.6) is 0 Å². The van der Waals surface area contributed by atoms with Crippen LogP contribution in [-0.4, -0.2) is 0 Å². The Kier molecular flexibility index (Phi) is 1260. The first-order valence-corrected chi connectivity index (χ1v) is 0. The second-order valence-corrected chi connectivity index (χ2v) is 0. The van der Waals surface area contributed by atoms with Crippen molar-refractivity contribution >= 4 is 0 Å². The van der Waals surface area contributed by atoms with Crippen LogP contribution in [0.15, 0.2) is 0 Å². The Hall–Kier alpha value is 1.28. The predicted octanol–water partition coefficient (Wildman–Crippen LogP) is -0.361. The van der Waals surface area contributed by atoms with Gasteiger partial charge in [0.15, 0.2) is 0 Å². The van der Waals surface area contributed by atoms with E-state index in [9.17, 15) is 0 Å². The minimum atomic E-state index is 0. The van der Waals surface area contributed by atoms with E-state index < -0.39 is 0 Å². The van der Waals surface area contributed by atoms with Crippen molar-refractivity contribution in [1.82, 2.24) is 0 Å². The fourth-order valence-corrected chi connectivity index (χ4v) is 0. The molecule has 0 saturated carbocycles. The molecule has 0 aliphatic rings. The van der Waals surface area contributed by atoms with Crippen molar-refractivity contribution in [1.29, 1.82) is 0 Å². The molecule has 0 aliphatic carbocycles. The Morgan fingerprint density at radius 2 is 0.600 bits per heavy atom. The van der Waals surface area contributed by atoms with Crippen molar-refractivity contribution in [3.63, 3.8) is 0 Å². The van der Waals surface area contributed by atoms with E-state index in [4.69, 9.17) is 0 Å². The zero-order valence-electron chi connectivity index (χ0n) is 2.08. The predicted molar refractivity (Wildman–Crippen MR) is 2.06 cm³/mol. The van der Waals surface area contributed by atoms with E-state index in [0.29, 0.717) is 0 Å². The average molecular weight is 195 g/mol. The summed E-state index contributed by atoms with van der Waals surface area (Å²) in [4.78, 5) is 0. The summed E-state index contributed by atoms with van der Waals surface area (Å²) in [7, 11) is 0. The molecule has 0 radical (unpaired) electrons. The van der Waals surface area contributed by atoms with E-state index >= 15 is 0 Å². The minimum absolute atomic E-state index is 0. The summed E-state index contributed by atoms with van der Waals surface area (Å²) < 4.78 is 0. The van der Waals surface area contributed by atoms with Crippen LogP contribution in [0.3, 0.4) is 0 Å². The second kappa shape index (κ2) is 58.9. The Morgan fingerprint density at radius 3 is 0.600 bits per heavy atom. The van der Waals surface area contributed by atoms with E-state index in [1.807, 2.05) is 0 Å². The summed E-state index contributed by atoms with van der Waals surface area (Å²) in [6.45, 7) is 0. The summed E-state index contributed by atoms with van der Waals surface area (Å²) in [5.41, 5.74) is 0. The maximum atomic E-state index is 0. The van der Waals surface area contributed by atoms with Crippen LogP contribution < -0.4 is 0 Å². The molecule has 0 bridgehead atoms. The fourth-order valence-electron chi connectivity index (χ4n) is 0. The summed E-state index contributed by atoms with van der Waals surface area (Å²) in [6.07, 6.45) is 0. The molecule has 0 rings (SSSR count). The molecule has 0 atom stereocenters. The molecule has 0 fully saturated rings. The molecule has 0 saturated heterocycles. The van der Waals surface area contributed by atoms with Gasteiger partial charge in [-0.1, -0.05) is 0 Å². The van der Waals surface area contributed by atoms with E-state index in [1.165, 1.54) is 0 Å². The molecule has 30 valence electrons. The average Bonchev–Trinajstić information content (AvgIpc) is 0. The summed E-state index contributed by atoms with van der Waals surface area (Å²) in [5.74, 6) is 0. The molecule has 0 aromatic heterocycles. The molecule has 0 aliphatic heterocycles. The molecular weight excluding hydrogens is 195 g/mol. The monoisotopic (exact) mass is 194 g/mol. The van der Waals surface area contributed by atoms with Gasteiger partial charge in [-0.25, -0.2) is 0 Å². The van der Waals surface area contributed by atoms with Gasteiger partial charge in [-0.2, -0.15) is 0 Å². The maximum Gasteiger partial charge on any atom is 4.00 e. The van der Waals surface area contributed by atoms with E-state index in [1.54, 1.807) is 0 Å². The topological polar surface area (TPSA) is 85.5 Å². The smallest absolute Gasteiger partial charge is 2.00 e. The Morgan fingerprint density at radius 1 is 0.600 bits per heavy atom. The van der Waals surface area contributed by atoms with Crippen molar-refractivity contribution in [3.05, 3.63) is 0 Å². The van der Waals surface area contributed by atoms with Crippen LogP contribution in [0, 0.1) is 0 Å². The van der Waals surface area contributed by atoms with Gasteiger partial charge in [-0.15, -0.1) is 0 Å². The molecule has 0 heterocycles. The first-order chi connectivity index (χ1) is 0. The molecular formula is FeO3Zr. The molecule has 0 aromatic rings. The molecule has 0 amide bonds. The normalized spacial score (nSPS) is 0. The number of hydrogen-bond donors (Lipinski definition) is 0. The third-order valence-electron chi connectivity index (χ3n) is 0. The minimum Gasteiger partial charge on any atom is -2.00 e. The Labute approximate surface area is 59.7 Å². The maximum absolute atomic E-state index is 0. The molecule has 0 spiro atoms. The Bertz CT molecular complexity index is 6.85. The van der Waals surface area contributed by atoms with Gasteiger partial charge in [0.05, 0.1) is 0 Å². The van der Waals surface area contributed by atoms with Crippen LogP contribution in [0.25, 0.3) is 0 Å². The van der Waals surface area contributed by atoms with Gasteiger partial charge in [0, 0.05) is 0 Å². The first kappa shape index (κ1) is 107. The Balaban J connectivity index is 0. The van der Waals surface area contributed by atoms with Crippen LogP contribution >= 0.6 is 0 Å². The second-order valence-electron chi connectivity index (χ2n) is 0. The van der Waals surface area contributed by atoms with Gasteiger partial charge in [-0.3, -0.25) is 0 Å². The zero-order chi connectivity index (χ0) is 0. The van der Waals surface area contributed by atoms with Gasteiger partial charge in [0.2, 0.25) is 0 Å². The molecule has 3 nitrogen and oxygen atoms in total. The van der Waals surface area contributed by atoms with Crippen molar-refractivity contribution in [2.75, 3.05) is 0 Å². The molecule has 0 unspecified atom stereocenters. The van der Waals surface area contributed by atoms with E-state index in [2.05, 4.69) is 0 Å². The third-order valence-corrected chi connectivity index (χ3v) is 0. The van der Waals surface area contributed by atoms with Gasteiger partial charge >= 0.3 is 43.3 Å². The standard InChI is InChI=1S/Fe.3O.Zr/q+2;3*-2;+4. The summed E-state index contributed by atoms with van der Waals surface area (Å²) in [6, 6.07) is 0. The molecule has 5 heteroatoms. The zero-order valence-corrected chi connectivity index (χ0v) is 5.64. The van der Waals surface area contributed by atoms with Gasteiger partial charge < -0.3 is 16.4 Å². The third kappa shape index (κ3) is 34.6. The number of rotatable bonds is 0. The number of hydrogen-bond acceptors (Lipinski definition) is 0. The van der Waals surface area contributed by atoms with Gasteiger partial charge in [0.1, 0.15) is 0 Å². The van der Waals surface area contributed by atoms with Crippen LogP contribution in [-0.2, 0) is 59.7 Å². The van der Waals surface area contributed by atoms with E-state index in [-0.39, 0.29) is 59.7 Å². The van der Waals surface area contributed by atoms with Gasteiger partial charge in [0.25, 0.3) is 0 Å². The quantitative estimate of drug-likeness (QED) is 0.472. The molecule has 0 N–H and O–H groups in total. The molecule has 5 heavy (non-hydrogen) atoms. The van der Waals surface area contributed by atoms with Crippen LogP contribution in [0.4, 0.5) is 0 Å². The van der Waals surface area contributed by atoms with E-state index in [0.717, 1.165) is 0 Å². The van der Waals surface area contributed by atoms with Crippen molar-refractivity contribution < 1.29 is 59.7 Å². The fraction of sp³-hybridized carbons (Fsp3) is 0. The van der Waals surface area contributed by atoms with Crippen molar-refractivity contribution in [2.24, 2.45) is 0 Å². The van der Waals surface area contributed by atoms with Crippen molar-refractivity contribution in [3.8, 4) is 0 Å². The van der Waals surface area contributed by atoms with Gasteiger partial charge in [-0.05, 0) is 0 Å². The SMILES string of the molecule is [Fe+2].[O-2].[O-2].[O-2].[Zr+4]. The largest absolute Gasteiger partial charge is 4.00 e. The van der Waals surface area contributed by atoms with Crippen LogP contribution in [0.1, 0.15) is 0 Å².